The molecule has 0 bridgehead atoms. The predicted molar refractivity (Wildman–Crippen MR) is 171 cm³/mol. The molecule has 0 unspecified atom stereocenters. The molecule has 3 N–H and O–H groups in total. The van der Waals surface area contributed by atoms with E-state index in [9.17, 15) is 19.2 Å². The van der Waals surface area contributed by atoms with Crippen LogP contribution in [0.1, 0.15) is 25.6 Å². The maximum absolute atomic E-state index is 12.8. The third kappa shape index (κ3) is 7.33. The van der Waals surface area contributed by atoms with Gasteiger partial charge in [0.1, 0.15) is 10.6 Å². The summed E-state index contributed by atoms with van der Waals surface area (Å²) in [6, 6.07) is 27.1. The number of amides is 3. The number of nitrogens with zero attached hydrogens (tertiary/aromatic N) is 1. The zero-order chi connectivity index (χ0) is 30.3. The lowest BCUT2D eigenvalue weighted by atomic mass is 10.1. The Morgan fingerprint density at radius 1 is 0.814 bits per heavy atom. The lowest BCUT2D eigenvalue weighted by molar-refractivity contribution is -0.136. The van der Waals surface area contributed by atoms with E-state index >= 15 is 0 Å². The second kappa shape index (κ2) is 13.4. The Hall–Kier alpha value is -4.84. The summed E-state index contributed by atoms with van der Waals surface area (Å²) in [4.78, 5) is 50.5. The van der Waals surface area contributed by atoms with E-state index < -0.39 is 23.7 Å². The monoisotopic (exact) mass is 674 g/mol. The van der Waals surface area contributed by atoms with Crippen LogP contribution in [0.5, 0.6) is 5.75 Å². The number of fused-ring (bicyclic) bond motifs is 1. The third-order valence-electron chi connectivity index (χ3n) is 5.92. The van der Waals surface area contributed by atoms with E-state index in [2.05, 4.69) is 37.1 Å². The van der Waals surface area contributed by atoms with Crippen molar-refractivity contribution >= 4 is 90.2 Å². The summed E-state index contributed by atoms with van der Waals surface area (Å²) in [5.74, 6) is -2.79. The highest BCUT2D eigenvalue weighted by Gasteiger charge is 2.20. The Kier molecular flexibility index (Phi) is 9.26. The Balaban J connectivity index is 1.15. The van der Waals surface area contributed by atoms with Crippen molar-refractivity contribution in [2.75, 3.05) is 10.6 Å². The van der Waals surface area contributed by atoms with Gasteiger partial charge in [-0.25, -0.2) is 10.2 Å². The first kappa shape index (κ1) is 29.6. The fraction of sp³-hybridized carbons (Fsp3) is 0. The average Bonchev–Trinajstić information content (AvgIpc) is 3.35. The number of esters is 1. The lowest BCUT2D eigenvalue weighted by Gasteiger charge is -2.11. The molecule has 3 amide bonds. The van der Waals surface area contributed by atoms with Crippen molar-refractivity contribution < 1.29 is 23.9 Å². The van der Waals surface area contributed by atoms with Gasteiger partial charge in [0.25, 0.3) is 5.91 Å². The quantitative estimate of drug-likeness (QED) is 0.0570. The van der Waals surface area contributed by atoms with E-state index in [-0.39, 0.29) is 11.3 Å². The number of hydrogen-bond acceptors (Lipinski definition) is 7. The number of benzene rings is 4. The van der Waals surface area contributed by atoms with E-state index in [1.807, 2.05) is 24.3 Å². The summed E-state index contributed by atoms with van der Waals surface area (Å²) in [6.07, 6.45) is 1.32. The van der Waals surface area contributed by atoms with E-state index in [4.69, 9.17) is 16.3 Å². The highest BCUT2D eigenvalue weighted by atomic mass is 79.9. The first-order chi connectivity index (χ1) is 20.8. The van der Waals surface area contributed by atoms with Crippen LogP contribution in [-0.4, -0.2) is 29.9 Å². The van der Waals surface area contributed by atoms with Gasteiger partial charge in [-0.15, -0.1) is 11.3 Å². The number of para-hydroxylation sites is 1. The summed E-state index contributed by atoms with van der Waals surface area (Å²) in [5, 5.41) is 10.1. The second-order valence-corrected chi connectivity index (χ2v) is 11.2. The smallest absolute Gasteiger partial charge is 0.355 e. The molecular formula is C31H20BrClN4O5S. The summed E-state index contributed by atoms with van der Waals surface area (Å²) in [6.45, 7) is 0. The topological polar surface area (TPSA) is 126 Å². The summed E-state index contributed by atoms with van der Waals surface area (Å²) in [5.41, 5.74) is 3.60. The van der Waals surface area contributed by atoms with Crippen molar-refractivity contribution in [2.24, 2.45) is 5.10 Å². The van der Waals surface area contributed by atoms with Gasteiger partial charge in [0.05, 0.1) is 22.5 Å². The molecule has 0 aliphatic heterocycles. The number of nitrogens with one attached hydrogen (secondary N) is 3. The van der Waals surface area contributed by atoms with Crippen LogP contribution < -0.4 is 20.8 Å². The average molecular weight is 676 g/mol. The van der Waals surface area contributed by atoms with Crippen LogP contribution in [0, 0.1) is 0 Å². The van der Waals surface area contributed by atoms with Gasteiger partial charge in [0.2, 0.25) is 0 Å². The number of hydrazone groups is 1. The Morgan fingerprint density at radius 3 is 2.26 bits per heavy atom. The number of ether oxygens (including phenoxy) is 1. The van der Waals surface area contributed by atoms with Crippen molar-refractivity contribution in [3.8, 4) is 5.75 Å². The minimum absolute atomic E-state index is 0.156. The van der Waals surface area contributed by atoms with Gasteiger partial charge in [-0.05, 0) is 72.3 Å². The van der Waals surface area contributed by atoms with Crippen LogP contribution in [0.15, 0.2) is 107 Å². The second-order valence-electron chi connectivity index (χ2n) is 8.86. The molecule has 43 heavy (non-hydrogen) atoms. The molecule has 0 radical (unpaired) electrons. The number of carbonyl (C=O) groups excluding carboxylic acids is 4. The number of carbonyl (C=O) groups is 4. The van der Waals surface area contributed by atoms with E-state index in [0.29, 0.717) is 26.9 Å². The normalized spacial score (nSPS) is 10.8. The van der Waals surface area contributed by atoms with Gasteiger partial charge in [-0.1, -0.05) is 57.9 Å². The van der Waals surface area contributed by atoms with Crippen molar-refractivity contribution in [2.45, 2.75) is 0 Å². The van der Waals surface area contributed by atoms with Crippen LogP contribution in [0.3, 0.4) is 0 Å². The molecule has 214 valence electrons. The van der Waals surface area contributed by atoms with Gasteiger partial charge in [0.15, 0.2) is 0 Å². The van der Waals surface area contributed by atoms with Crippen molar-refractivity contribution in [3.63, 3.8) is 0 Å². The van der Waals surface area contributed by atoms with Crippen molar-refractivity contribution in [1.82, 2.24) is 5.43 Å². The molecule has 0 atom stereocenters. The molecule has 0 saturated carbocycles. The number of rotatable bonds is 7. The molecule has 5 rings (SSSR count). The van der Waals surface area contributed by atoms with E-state index in [0.717, 1.165) is 14.6 Å². The zero-order valence-corrected chi connectivity index (χ0v) is 25.1. The Bertz CT molecular complexity index is 1870. The van der Waals surface area contributed by atoms with Crippen LogP contribution in [0.2, 0.25) is 5.02 Å². The molecule has 1 aromatic heterocycles. The highest BCUT2D eigenvalue weighted by molar-refractivity contribution is 9.10. The summed E-state index contributed by atoms with van der Waals surface area (Å²) >= 11 is 10.9. The number of halogens is 2. The molecule has 9 nitrogen and oxygen atoms in total. The van der Waals surface area contributed by atoms with Gasteiger partial charge in [-0.2, -0.15) is 5.10 Å². The Morgan fingerprint density at radius 2 is 1.51 bits per heavy atom. The lowest BCUT2D eigenvalue weighted by Crippen LogP contribution is -2.33. The molecule has 0 saturated heterocycles. The molecule has 0 aliphatic rings. The van der Waals surface area contributed by atoms with Crippen LogP contribution in [-0.2, 0) is 9.59 Å². The van der Waals surface area contributed by atoms with Crippen molar-refractivity contribution in [1.29, 1.82) is 0 Å². The van der Waals surface area contributed by atoms with E-state index in [1.165, 1.54) is 29.7 Å². The molecule has 0 spiro atoms. The molecule has 12 heteroatoms. The third-order valence-corrected chi connectivity index (χ3v) is 8.10. The number of anilines is 2. The first-order valence-corrected chi connectivity index (χ1v) is 14.6. The fourth-order valence-corrected chi connectivity index (χ4v) is 5.49. The molecule has 0 aliphatic carbocycles. The molecule has 0 fully saturated rings. The molecule has 1 heterocycles. The van der Waals surface area contributed by atoms with Crippen LogP contribution in [0.4, 0.5) is 11.4 Å². The van der Waals surface area contributed by atoms with Gasteiger partial charge >= 0.3 is 17.8 Å². The minimum Gasteiger partial charge on any atom is -0.422 e. The number of hydrogen-bond donors (Lipinski definition) is 3. The maximum Gasteiger partial charge on any atom is 0.355 e. The van der Waals surface area contributed by atoms with Crippen molar-refractivity contribution in [3.05, 3.63) is 123 Å². The SMILES string of the molecule is O=C(N/N=C\c1ccc(OC(=O)c2sc3ccccc3c2Cl)cc1)C(=O)Nc1ccccc1C(=O)Nc1ccc(Br)cc1. The van der Waals surface area contributed by atoms with E-state index in [1.54, 1.807) is 60.7 Å². The van der Waals surface area contributed by atoms with Gasteiger partial charge < -0.3 is 15.4 Å². The predicted octanol–water partition coefficient (Wildman–Crippen LogP) is 6.88. The van der Waals surface area contributed by atoms with Crippen LogP contribution >= 0.6 is 38.9 Å². The Labute approximate surface area is 262 Å². The maximum atomic E-state index is 12.8. The van der Waals surface area contributed by atoms with Crippen LogP contribution in [0.25, 0.3) is 10.1 Å². The summed E-state index contributed by atoms with van der Waals surface area (Å²) < 4.78 is 7.19. The van der Waals surface area contributed by atoms with Gasteiger partial charge in [0, 0.05) is 20.2 Å². The standard InChI is InChI=1S/C31H20BrClN4O5S/c32-19-11-13-20(14-12-19)35-28(38)22-5-1-3-7-24(22)36-29(39)30(40)37-34-17-18-9-15-21(16-10-18)42-31(41)27-26(33)23-6-2-4-8-25(23)43-27/h1-17H,(H,35,38)(H,36,39)(H,37,40)/b34-17-. The molecular weight excluding hydrogens is 656 g/mol. The largest absolute Gasteiger partial charge is 0.422 e. The fourth-order valence-electron chi connectivity index (χ4n) is 3.84. The highest BCUT2D eigenvalue weighted by Crippen LogP contribution is 2.35. The molecule has 5 aromatic rings. The number of thiophene rings is 1. The van der Waals surface area contributed by atoms with Gasteiger partial charge in [-0.3, -0.25) is 14.4 Å². The first-order valence-electron chi connectivity index (χ1n) is 12.6. The molecule has 4 aromatic carbocycles. The summed E-state index contributed by atoms with van der Waals surface area (Å²) in [7, 11) is 0. The zero-order valence-electron chi connectivity index (χ0n) is 22.0. The minimum atomic E-state index is -1.04.